The summed E-state index contributed by atoms with van der Waals surface area (Å²) in [7, 11) is 0. The zero-order valence-corrected chi connectivity index (χ0v) is 21.4. The van der Waals surface area contributed by atoms with Gasteiger partial charge in [-0.3, -0.25) is 4.79 Å². The van der Waals surface area contributed by atoms with Gasteiger partial charge < -0.3 is 9.72 Å². The van der Waals surface area contributed by atoms with Crippen molar-refractivity contribution in [2.45, 2.75) is 25.8 Å². The molecule has 1 amide bonds. The van der Waals surface area contributed by atoms with E-state index in [0.29, 0.717) is 12.8 Å². The maximum Gasteiger partial charge on any atom is 0.220 e. The second-order valence-corrected chi connectivity index (χ2v) is 10.4. The maximum atomic E-state index is 13.0. The molecule has 0 aliphatic rings. The lowest BCUT2D eigenvalue weighted by atomic mass is 10.1. The minimum Gasteiger partial charge on any atom is -0.350 e. The van der Waals surface area contributed by atoms with Crippen LogP contribution in [0.3, 0.4) is 0 Å². The highest BCUT2D eigenvalue weighted by molar-refractivity contribution is 7.22. The van der Waals surface area contributed by atoms with E-state index in [1.807, 2.05) is 55.5 Å². The molecular formula is C32H27N3OS. The summed E-state index contributed by atoms with van der Waals surface area (Å²) in [6.45, 7) is 2.02. The molecule has 0 aliphatic heterocycles. The summed E-state index contributed by atoms with van der Waals surface area (Å²) in [5, 5.41) is 4.40. The monoisotopic (exact) mass is 501 g/mol. The van der Waals surface area contributed by atoms with E-state index < -0.39 is 0 Å². The Kier molecular flexibility index (Phi) is 6.29. The van der Waals surface area contributed by atoms with Gasteiger partial charge in [-0.25, -0.2) is 4.98 Å². The van der Waals surface area contributed by atoms with E-state index in [4.69, 9.17) is 4.98 Å². The fourth-order valence-electron chi connectivity index (χ4n) is 4.80. The molecule has 0 spiro atoms. The topological polar surface area (TPSA) is 46.4 Å². The number of carbonyl (C=O) groups is 1. The van der Waals surface area contributed by atoms with Gasteiger partial charge in [-0.15, -0.1) is 11.3 Å². The number of carbonyl (C=O) groups excluding carboxylic acids is 1. The van der Waals surface area contributed by atoms with Crippen molar-refractivity contribution in [1.82, 2.24) is 14.7 Å². The molecule has 4 nitrogen and oxygen atoms in total. The van der Waals surface area contributed by atoms with Gasteiger partial charge in [-0.05, 0) is 48.6 Å². The van der Waals surface area contributed by atoms with Crippen molar-refractivity contribution >= 4 is 33.0 Å². The highest BCUT2D eigenvalue weighted by Crippen LogP contribution is 2.34. The molecule has 3 aromatic carbocycles. The Balaban J connectivity index is 1.33. The van der Waals surface area contributed by atoms with Gasteiger partial charge in [-0.2, -0.15) is 0 Å². The second-order valence-electron chi connectivity index (χ2n) is 9.27. The van der Waals surface area contributed by atoms with Crippen LogP contribution in [0, 0.1) is 0 Å². The van der Waals surface area contributed by atoms with E-state index in [9.17, 15) is 4.79 Å². The normalized spacial score (nSPS) is 12.1. The molecule has 1 atom stereocenters. The van der Waals surface area contributed by atoms with Crippen LogP contribution in [0.1, 0.15) is 30.6 Å². The van der Waals surface area contributed by atoms with E-state index in [2.05, 4.69) is 70.5 Å². The Morgan fingerprint density at radius 2 is 1.62 bits per heavy atom. The molecule has 0 radical (unpaired) electrons. The summed E-state index contributed by atoms with van der Waals surface area (Å²) in [5.74, 6) is 0.0333. The number of aryl methyl sites for hydroxylation is 1. The number of hydrogen-bond donors (Lipinski definition) is 1. The minimum absolute atomic E-state index is 0.0333. The predicted molar refractivity (Wildman–Crippen MR) is 153 cm³/mol. The van der Waals surface area contributed by atoms with Crippen LogP contribution in [0.25, 0.3) is 37.4 Å². The van der Waals surface area contributed by atoms with Crippen LogP contribution in [0.4, 0.5) is 0 Å². The Bertz CT molecular complexity index is 1650. The third-order valence-electron chi connectivity index (χ3n) is 6.74. The van der Waals surface area contributed by atoms with E-state index in [-0.39, 0.29) is 11.9 Å². The lowest BCUT2D eigenvalue weighted by Crippen LogP contribution is -2.26. The molecule has 6 rings (SSSR count). The first-order valence-electron chi connectivity index (χ1n) is 12.6. The largest absolute Gasteiger partial charge is 0.350 e. The quantitative estimate of drug-likeness (QED) is 0.244. The number of amides is 1. The van der Waals surface area contributed by atoms with E-state index in [1.165, 1.54) is 15.0 Å². The molecule has 0 saturated carbocycles. The molecule has 0 unspecified atom stereocenters. The summed E-state index contributed by atoms with van der Waals surface area (Å²) in [6.07, 6.45) is 3.14. The van der Waals surface area contributed by atoms with E-state index in [1.54, 1.807) is 11.3 Å². The van der Waals surface area contributed by atoms with Crippen molar-refractivity contribution in [3.05, 3.63) is 121 Å². The third kappa shape index (κ3) is 4.78. The Labute approximate surface area is 220 Å². The summed E-state index contributed by atoms with van der Waals surface area (Å²) < 4.78 is 3.44. The lowest BCUT2D eigenvalue weighted by molar-refractivity contribution is -0.121. The summed E-state index contributed by atoms with van der Waals surface area (Å²) >= 11 is 1.79. The molecule has 5 heteroatoms. The Morgan fingerprint density at radius 3 is 2.41 bits per heavy atom. The molecule has 0 saturated heterocycles. The summed E-state index contributed by atoms with van der Waals surface area (Å²) in [6, 6.07) is 35.2. The Hall–Kier alpha value is -4.22. The first-order chi connectivity index (χ1) is 18.2. The average Bonchev–Trinajstić information content (AvgIpc) is 3.54. The molecule has 6 aromatic rings. The van der Waals surface area contributed by atoms with Crippen LogP contribution in [0.2, 0.25) is 0 Å². The first-order valence-corrected chi connectivity index (χ1v) is 13.4. The first kappa shape index (κ1) is 23.2. The maximum absolute atomic E-state index is 13.0. The van der Waals surface area contributed by atoms with Gasteiger partial charge in [-0.1, -0.05) is 78.9 Å². The number of fused-ring (bicyclic) bond motifs is 2. The number of pyridine rings is 1. The molecule has 0 aliphatic carbocycles. The summed E-state index contributed by atoms with van der Waals surface area (Å²) in [5.41, 5.74) is 6.17. The van der Waals surface area contributed by atoms with Crippen LogP contribution in [0.5, 0.6) is 0 Å². The molecule has 0 bridgehead atoms. The molecule has 1 N–H and O–H groups in total. The third-order valence-corrected chi connectivity index (χ3v) is 7.91. The van der Waals surface area contributed by atoms with Crippen LogP contribution in [-0.2, 0) is 11.2 Å². The van der Waals surface area contributed by atoms with Gasteiger partial charge in [0.2, 0.25) is 5.91 Å². The van der Waals surface area contributed by atoms with Crippen LogP contribution in [-0.4, -0.2) is 15.3 Å². The average molecular weight is 502 g/mol. The number of nitrogens with one attached hydrogen (secondary N) is 1. The number of hydrogen-bond acceptors (Lipinski definition) is 3. The van der Waals surface area contributed by atoms with Gasteiger partial charge >= 0.3 is 0 Å². The number of benzene rings is 3. The number of thiophene rings is 1. The van der Waals surface area contributed by atoms with Crippen molar-refractivity contribution in [1.29, 1.82) is 0 Å². The Morgan fingerprint density at radius 1 is 0.892 bits per heavy atom. The van der Waals surface area contributed by atoms with Crippen molar-refractivity contribution in [3.8, 4) is 21.7 Å². The van der Waals surface area contributed by atoms with Gasteiger partial charge in [0, 0.05) is 33.3 Å². The number of rotatable bonds is 7. The van der Waals surface area contributed by atoms with Gasteiger partial charge in [0.1, 0.15) is 5.65 Å². The predicted octanol–water partition coefficient (Wildman–Crippen LogP) is 7.69. The van der Waals surface area contributed by atoms with Gasteiger partial charge in [0.05, 0.1) is 17.4 Å². The van der Waals surface area contributed by atoms with Crippen LogP contribution >= 0.6 is 11.3 Å². The van der Waals surface area contributed by atoms with Crippen LogP contribution in [0.15, 0.2) is 109 Å². The van der Waals surface area contributed by atoms with Gasteiger partial charge in [0.15, 0.2) is 0 Å². The van der Waals surface area contributed by atoms with Crippen molar-refractivity contribution in [2.24, 2.45) is 0 Å². The number of aromatic nitrogens is 2. The minimum atomic E-state index is -0.0379. The number of imidazole rings is 1. The smallest absolute Gasteiger partial charge is 0.220 e. The zero-order chi connectivity index (χ0) is 25.2. The SMILES string of the molecule is C[C@H](NC(=O)CCc1c(-c2ccccc2)nc2ccc(-c3cc4ccccc4s3)cn12)c1ccccc1. The number of nitrogens with zero attached hydrogens (tertiary/aromatic N) is 2. The van der Waals surface area contributed by atoms with Crippen LogP contribution < -0.4 is 5.32 Å². The molecule has 3 aromatic heterocycles. The van der Waals surface area contributed by atoms with Crippen molar-refractivity contribution < 1.29 is 4.79 Å². The second kappa shape index (κ2) is 10.0. The molecule has 0 fully saturated rings. The highest BCUT2D eigenvalue weighted by atomic mass is 32.1. The molecular weight excluding hydrogens is 474 g/mol. The fraction of sp³-hybridized carbons (Fsp3) is 0.125. The van der Waals surface area contributed by atoms with Gasteiger partial charge in [0.25, 0.3) is 0 Å². The van der Waals surface area contributed by atoms with Crippen molar-refractivity contribution in [2.75, 3.05) is 0 Å². The van der Waals surface area contributed by atoms with E-state index in [0.717, 1.165) is 33.7 Å². The van der Waals surface area contributed by atoms with Crippen molar-refractivity contribution in [3.63, 3.8) is 0 Å². The fourth-order valence-corrected chi connectivity index (χ4v) is 5.85. The van der Waals surface area contributed by atoms with E-state index >= 15 is 0 Å². The summed E-state index contributed by atoms with van der Waals surface area (Å²) in [4.78, 5) is 19.2. The lowest BCUT2D eigenvalue weighted by Gasteiger charge is -2.14. The molecule has 37 heavy (non-hydrogen) atoms. The highest BCUT2D eigenvalue weighted by Gasteiger charge is 2.17. The zero-order valence-electron chi connectivity index (χ0n) is 20.6. The molecule has 3 heterocycles. The molecule has 182 valence electrons. The standard InChI is InChI=1S/C32H27N3OS/c1-22(23-10-4-2-5-11-23)33-31(36)19-17-27-32(24-12-6-3-7-13-24)34-30-18-16-26(21-35(27)30)29-20-25-14-8-9-15-28(25)37-29/h2-16,18,20-22H,17,19H2,1H3,(H,33,36)/t22-/m0/s1.